The molecule has 4 aromatic rings. The van der Waals surface area contributed by atoms with Crippen LogP contribution in [0.1, 0.15) is 10.4 Å². The summed E-state index contributed by atoms with van der Waals surface area (Å²) in [6.45, 7) is 3.63. The van der Waals surface area contributed by atoms with Crippen LogP contribution in [0.25, 0.3) is 22.4 Å². The van der Waals surface area contributed by atoms with Gasteiger partial charge in [0.2, 0.25) is 0 Å². The first kappa shape index (κ1) is 22.9. The number of rotatable bonds is 7. The third-order valence-electron chi connectivity index (χ3n) is 5.68. The fourth-order valence-corrected chi connectivity index (χ4v) is 3.95. The Morgan fingerprint density at radius 2 is 2.00 bits per heavy atom. The van der Waals surface area contributed by atoms with E-state index in [1.54, 1.807) is 42.6 Å². The summed E-state index contributed by atoms with van der Waals surface area (Å²) >= 11 is 0. The van der Waals surface area contributed by atoms with E-state index in [2.05, 4.69) is 25.2 Å². The Morgan fingerprint density at radius 1 is 1.14 bits per heavy atom. The van der Waals surface area contributed by atoms with Gasteiger partial charge < -0.3 is 19.8 Å². The molecule has 2 aromatic heterocycles. The summed E-state index contributed by atoms with van der Waals surface area (Å²) in [4.78, 5) is 26.7. The molecule has 0 spiro atoms. The van der Waals surface area contributed by atoms with Crippen molar-refractivity contribution in [1.29, 1.82) is 0 Å². The van der Waals surface area contributed by atoms with Crippen LogP contribution in [0, 0.1) is 11.6 Å². The topological polar surface area (TPSA) is 92.4 Å². The van der Waals surface area contributed by atoms with Gasteiger partial charge in [-0.05, 0) is 30.3 Å². The van der Waals surface area contributed by atoms with Crippen LogP contribution < -0.4 is 10.1 Å². The number of H-pyrrole nitrogens is 1. The predicted molar refractivity (Wildman–Crippen MR) is 126 cm³/mol. The molecule has 2 aromatic carbocycles. The first-order chi connectivity index (χ1) is 17.1. The lowest BCUT2D eigenvalue weighted by Crippen LogP contribution is -2.38. The van der Waals surface area contributed by atoms with Gasteiger partial charge in [-0.25, -0.2) is 18.7 Å². The number of halogens is 2. The Labute approximate surface area is 199 Å². The van der Waals surface area contributed by atoms with E-state index in [0.717, 1.165) is 19.2 Å². The van der Waals surface area contributed by atoms with Crippen LogP contribution in [-0.4, -0.2) is 65.2 Å². The van der Waals surface area contributed by atoms with Crippen molar-refractivity contribution in [2.45, 2.75) is 0 Å². The van der Waals surface area contributed by atoms with Crippen molar-refractivity contribution >= 4 is 22.8 Å². The summed E-state index contributed by atoms with van der Waals surface area (Å²) in [6.07, 6.45) is 1.57. The van der Waals surface area contributed by atoms with Crippen molar-refractivity contribution in [3.05, 3.63) is 71.9 Å². The molecule has 1 amide bonds. The molecule has 5 rings (SSSR count). The number of nitrogens with zero attached hydrogens (tertiary/aromatic N) is 3. The van der Waals surface area contributed by atoms with E-state index in [0.29, 0.717) is 42.2 Å². The van der Waals surface area contributed by atoms with Gasteiger partial charge in [0, 0.05) is 31.9 Å². The predicted octanol–water partition coefficient (Wildman–Crippen LogP) is 3.87. The minimum atomic E-state index is -0.824. The van der Waals surface area contributed by atoms with E-state index >= 15 is 0 Å². The summed E-state index contributed by atoms with van der Waals surface area (Å²) in [5, 5.41) is 2.73. The number of aromatic amines is 1. The van der Waals surface area contributed by atoms with Gasteiger partial charge in [-0.3, -0.25) is 9.69 Å². The third kappa shape index (κ3) is 5.13. The third-order valence-corrected chi connectivity index (χ3v) is 5.68. The van der Waals surface area contributed by atoms with E-state index in [9.17, 15) is 13.6 Å². The largest absolute Gasteiger partial charge is 0.488 e. The molecule has 1 fully saturated rings. The van der Waals surface area contributed by atoms with Gasteiger partial charge in [0.15, 0.2) is 11.6 Å². The molecule has 0 radical (unpaired) electrons. The van der Waals surface area contributed by atoms with Gasteiger partial charge in [-0.2, -0.15) is 0 Å². The Kier molecular flexibility index (Phi) is 6.64. The number of carbonyl (C=O) groups excluding carboxylic acids is 1. The second-order valence-corrected chi connectivity index (χ2v) is 8.02. The van der Waals surface area contributed by atoms with Crippen LogP contribution in [0.5, 0.6) is 5.75 Å². The van der Waals surface area contributed by atoms with Crippen LogP contribution >= 0.6 is 0 Å². The maximum absolute atomic E-state index is 14.8. The number of benzene rings is 2. The van der Waals surface area contributed by atoms with E-state index in [4.69, 9.17) is 9.47 Å². The molecule has 3 heterocycles. The standard InChI is InChI=1S/C25H23F2N5O3/c26-16-14-18(23(19(27)15-16)35-13-10-32-8-11-34-12-9-32)24-29-20-5-3-4-17(22(20)31-24)25(33)30-21-6-1-2-7-28-21/h1-7,14-15H,8-13H2,(H,29,31)(H,28,30,33). The van der Waals surface area contributed by atoms with Crippen molar-refractivity contribution in [3.8, 4) is 17.1 Å². The normalized spacial score (nSPS) is 14.2. The highest BCUT2D eigenvalue weighted by Crippen LogP contribution is 2.34. The minimum absolute atomic E-state index is 0.0989. The molecule has 0 saturated carbocycles. The molecule has 2 N–H and O–H groups in total. The lowest BCUT2D eigenvalue weighted by molar-refractivity contribution is 0.0320. The number of fused-ring (bicyclic) bond motifs is 1. The van der Waals surface area contributed by atoms with E-state index in [1.165, 1.54) is 6.07 Å². The van der Waals surface area contributed by atoms with Crippen molar-refractivity contribution in [3.63, 3.8) is 0 Å². The monoisotopic (exact) mass is 479 g/mol. The molecule has 1 saturated heterocycles. The summed E-state index contributed by atoms with van der Waals surface area (Å²) < 4.78 is 40.0. The summed E-state index contributed by atoms with van der Waals surface area (Å²) in [5.41, 5.74) is 1.33. The molecule has 8 nitrogen and oxygen atoms in total. The number of morpholine rings is 1. The van der Waals surface area contributed by atoms with E-state index in [-0.39, 0.29) is 23.7 Å². The number of anilines is 1. The fourth-order valence-electron chi connectivity index (χ4n) is 3.95. The number of hydrogen-bond donors (Lipinski definition) is 2. The van der Waals surface area contributed by atoms with Crippen LogP contribution in [0.15, 0.2) is 54.7 Å². The van der Waals surface area contributed by atoms with Crippen molar-refractivity contribution in [2.75, 3.05) is 44.8 Å². The molecule has 1 aliphatic rings. The number of amides is 1. The molecule has 10 heteroatoms. The number of ether oxygens (including phenoxy) is 2. The first-order valence-corrected chi connectivity index (χ1v) is 11.2. The van der Waals surface area contributed by atoms with Gasteiger partial charge >= 0.3 is 0 Å². The van der Waals surface area contributed by atoms with Crippen molar-refractivity contribution < 1.29 is 23.0 Å². The van der Waals surface area contributed by atoms with Gasteiger partial charge in [0.1, 0.15) is 29.6 Å². The molecule has 180 valence electrons. The summed E-state index contributed by atoms with van der Waals surface area (Å²) in [7, 11) is 0. The van der Waals surface area contributed by atoms with Crippen LogP contribution in [-0.2, 0) is 4.74 Å². The number of aromatic nitrogens is 3. The zero-order valence-corrected chi connectivity index (χ0v) is 18.8. The second-order valence-electron chi connectivity index (χ2n) is 8.02. The molecular weight excluding hydrogens is 456 g/mol. The number of pyridine rings is 1. The smallest absolute Gasteiger partial charge is 0.259 e. The van der Waals surface area contributed by atoms with Crippen LogP contribution in [0.2, 0.25) is 0 Å². The lowest BCUT2D eigenvalue weighted by Gasteiger charge is -2.26. The van der Waals surface area contributed by atoms with Gasteiger partial charge in [-0.1, -0.05) is 12.1 Å². The molecule has 0 bridgehead atoms. The minimum Gasteiger partial charge on any atom is -0.488 e. The van der Waals surface area contributed by atoms with E-state index in [1.807, 2.05) is 0 Å². The maximum atomic E-state index is 14.8. The zero-order chi connectivity index (χ0) is 24.2. The lowest BCUT2D eigenvalue weighted by atomic mass is 10.1. The van der Waals surface area contributed by atoms with Gasteiger partial charge in [0.25, 0.3) is 5.91 Å². The molecule has 0 unspecified atom stereocenters. The molecule has 0 atom stereocenters. The number of carbonyl (C=O) groups is 1. The molecular formula is C25H23F2N5O3. The average molecular weight is 479 g/mol. The molecule has 35 heavy (non-hydrogen) atoms. The van der Waals surface area contributed by atoms with Crippen LogP contribution in [0.4, 0.5) is 14.6 Å². The maximum Gasteiger partial charge on any atom is 0.259 e. The number of imidazole rings is 1. The quantitative estimate of drug-likeness (QED) is 0.418. The molecule has 1 aliphatic heterocycles. The fraction of sp³-hybridized carbons (Fsp3) is 0.240. The zero-order valence-electron chi connectivity index (χ0n) is 18.8. The Morgan fingerprint density at radius 3 is 2.80 bits per heavy atom. The van der Waals surface area contributed by atoms with Gasteiger partial charge in [0.05, 0.1) is 29.9 Å². The van der Waals surface area contributed by atoms with Crippen molar-refractivity contribution in [2.24, 2.45) is 0 Å². The summed E-state index contributed by atoms with van der Waals surface area (Å²) in [5.74, 6) is -1.49. The van der Waals surface area contributed by atoms with Gasteiger partial charge in [-0.15, -0.1) is 0 Å². The summed E-state index contributed by atoms with van der Waals surface area (Å²) in [6, 6.07) is 12.2. The highest BCUT2D eigenvalue weighted by atomic mass is 19.1. The average Bonchev–Trinajstić information content (AvgIpc) is 3.31. The first-order valence-electron chi connectivity index (χ1n) is 11.2. The Hall–Kier alpha value is -3.89. The SMILES string of the molecule is O=C(Nc1ccccn1)c1cccc2[nH]c(-c3cc(F)cc(F)c3OCCN3CCOCC3)nc12. The van der Waals surface area contributed by atoms with Crippen molar-refractivity contribution in [1.82, 2.24) is 19.9 Å². The molecule has 0 aliphatic carbocycles. The number of para-hydroxylation sites is 1. The Balaban J connectivity index is 1.43. The highest BCUT2D eigenvalue weighted by Gasteiger charge is 2.21. The number of nitrogens with one attached hydrogen (secondary N) is 2. The second kappa shape index (κ2) is 10.2. The van der Waals surface area contributed by atoms with Crippen LogP contribution in [0.3, 0.4) is 0 Å². The highest BCUT2D eigenvalue weighted by molar-refractivity contribution is 6.11. The van der Waals surface area contributed by atoms with E-state index < -0.39 is 17.5 Å². The number of hydrogen-bond acceptors (Lipinski definition) is 6. The Bertz CT molecular complexity index is 1340.